The molecule has 0 unspecified atom stereocenters. The monoisotopic (exact) mass is 324 g/mol. The Morgan fingerprint density at radius 1 is 1.17 bits per heavy atom. The molecule has 0 heterocycles. The summed E-state index contributed by atoms with van der Waals surface area (Å²) in [6.07, 6.45) is 1.48. The Bertz CT molecular complexity index is 573. The van der Waals surface area contributed by atoms with Gasteiger partial charge in [0.05, 0.1) is 27.0 Å². The van der Waals surface area contributed by atoms with Crippen LogP contribution >= 0.6 is 27.5 Å². The minimum atomic E-state index is 0.0705. The van der Waals surface area contributed by atoms with E-state index in [9.17, 15) is 5.11 Å². The van der Waals surface area contributed by atoms with E-state index >= 15 is 0 Å². The number of nitrogens with one attached hydrogen (secondary N) is 1. The summed E-state index contributed by atoms with van der Waals surface area (Å²) in [6, 6.07) is 12.9. The molecule has 5 heteroatoms. The third-order valence-electron chi connectivity index (χ3n) is 2.28. The average Bonchev–Trinajstić information content (AvgIpc) is 2.39. The Morgan fingerprint density at radius 3 is 2.61 bits per heavy atom. The molecule has 2 aromatic rings. The fraction of sp³-hybridized carbons (Fsp3) is 0. The summed E-state index contributed by atoms with van der Waals surface area (Å²) in [6.45, 7) is 0. The number of hydrogen-bond acceptors (Lipinski definition) is 3. The normalized spacial score (nSPS) is 10.8. The maximum absolute atomic E-state index is 9.83. The molecule has 2 N–H and O–H groups in total. The van der Waals surface area contributed by atoms with E-state index in [-0.39, 0.29) is 5.75 Å². The smallest absolute Gasteiger partial charge is 0.140 e. The molecule has 0 aliphatic rings. The second-order valence-corrected chi connectivity index (χ2v) is 4.79. The molecule has 0 aromatic heterocycles. The lowest BCUT2D eigenvalue weighted by atomic mass is 10.2. The largest absolute Gasteiger partial charge is 0.506 e. The second-order valence-electron chi connectivity index (χ2n) is 3.53. The number of nitrogens with zero attached hydrogens (tertiary/aromatic N) is 1. The van der Waals surface area contributed by atoms with Crippen molar-refractivity contribution in [1.82, 2.24) is 0 Å². The van der Waals surface area contributed by atoms with Crippen LogP contribution in [0.25, 0.3) is 0 Å². The van der Waals surface area contributed by atoms with E-state index in [1.54, 1.807) is 12.1 Å². The van der Waals surface area contributed by atoms with Gasteiger partial charge in [0.15, 0.2) is 0 Å². The highest BCUT2D eigenvalue weighted by Gasteiger charge is 2.07. The van der Waals surface area contributed by atoms with Crippen LogP contribution in [0.15, 0.2) is 52.0 Å². The van der Waals surface area contributed by atoms with Gasteiger partial charge in [0.25, 0.3) is 0 Å². The molecule has 0 atom stereocenters. The first-order valence-corrected chi connectivity index (χ1v) is 6.36. The first-order valence-electron chi connectivity index (χ1n) is 5.19. The number of anilines is 1. The number of halogens is 2. The molecule has 0 aliphatic heterocycles. The van der Waals surface area contributed by atoms with Crippen LogP contribution in [0.2, 0.25) is 5.02 Å². The highest BCUT2D eigenvalue weighted by molar-refractivity contribution is 9.10. The Kier molecular flexibility index (Phi) is 4.23. The third kappa shape index (κ3) is 3.03. The quantitative estimate of drug-likeness (QED) is 0.654. The van der Waals surface area contributed by atoms with Crippen molar-refractivity contribution in [3.63, 3.8) is 0 Å². The lowest BCUT2D eigenvalue weighted by Gasteiger charge is -2.04. The summed E-state index contributed by atoms with van der Waals surface area (Å²) in [7, 11) is 0. The number of hydrogen-bond donors (Lipinski definition) is 2. The van der Waals surface area contributed by atoms with E-state index in [0.717, 1.165) is 5.69 Å². The van der Waals surface area contributed by atoms with Gasteiger partial charge >= 0.3 is 0 Å². The van der Waals surface area contributed by atoms with Crippen LogP contribution < -0.4 is 5.43 Å². The molecule has 0 aliphatic carbocycles. The third-order valence-corrected chi connectivity index (χ3v) is 3.25. The van der Waals surface area contributed by atoms with Crippen LogP contribution in [0.4, 0.5) is 5.69 Å². The summed E-state index contributed by atoms with van der Waals surface area (Å²) in [5.74, 6) is 0.0705. The fourth-order valence-corrected chi connectivity index (χ4v) is 1.91. The molecule has 2 rings (SSSR count). The van der Waals surface area contributed by atoms with Crippen molar-refractivity contribution in [3.8, 4) is 5.75 Å². The van der Waals surface area contributed by atoms with Gasteiger partial charge < -0.3 is 5.11 Å². The van der Waals surface area contributed by atoms with Gasteiger partial charge in [-0.15, -0.1) is 0 Å². The van der Waals surface area contributed by atoms with Crippen LogP contribution in [-0.4, -0.2) is 11.3 Å². The molecule has 0 bridgehead atoms. The summed E-state index contributed by atoms with van der Waals surface area (Å²) in [5, 5.41) is 14.3. The van der Waals surface area contributed by atoms with Gasteiger partial charge in [-0.1, -0.05) is 29.8 Å². The minimum Gasteiger partial charge on any atom is -0.506 e. The standard InChI is InChI=1S/C13H10BrClN2O/c14-11-6-7-12(15)10(13(11)18)8-16-17-9-4-2-1-3-5-9/h1-8,17-18H. The lowest BCUT2D eigenvalue weighted by molar-refractivity contribution is 0.471. The maximum Gasteiger partial charge on any atom is 0.140 e. The first-order chi connectivity index (χ1) is 8.68. The first kappa shape index (κ1) is 12.9. The topological polar surface area (TPSA) is 44.6 Å². The van der Waals surface area contributed by atoms with Gasteiger partial charge in [-0.25, -0.2) is 0 Å². The van der Waals surface area contributed by atoms with Crippen LogP contribution in [0.5, 0.6) is 5.75 Å². The minimum absolute atomic E-state index is 0.0705. The van der Waals surface area contributed by atoms with Crippen molar-refractivity contribution >= 4 is 39.4 Å². The van der Waals surface area contributed by atoms with Crippen molar-refractivity contribution in [2.75, 3.05) is 5.43 Å². The molecule has 18 heavy (non-hydrogen) atoms. The molecule has 0 spiro atoms. The second kappa shape index (κ2) is 5.89. The van der Waals surface area contributed by atoms with E-state index < -0.39 is 0 Å². The molecule has 0 saturated heterocycles. The summed E-state index contributed by atoms with van der Waals surface area (Å²) < 4.78 is 0.577. The van der Waals surface area contributed by atoms with E-state index in [1.807, 2.05) is 30.3 Å². The number of benzene rings is 2. The highest BCUT2D eigenvalue weighted by Crippen LogP contribution is 2.31. The molecule has 3 nitrogen and oxygen atoms in total. The fourth-order valence-electron chi connectivity index (χ4n) is 1.36. The van der Waals surface area contributed by atoms with Crippen molar-refractivity contribution in [2.24, 2.45) is 5.10 Å². The predicted octanol–water partition coefficient (Wildman–Crippen LogP) is 4.25. The van der Waals surface area contributed by atoms with Gasteiger partial charge in [-0.2, -0.15) is 5.10 Å². The van der Waals surface area contributed by atoms with E-state index in [2.05, 4.69) is 26.5 Å². The van der Waals surface area contributed by atoms with Gasteiger partial charge in [0.2, 0.25) is 0 Å². The van der Waals surface area contributed by atoms with Crippen LogP contribution in [-0.2, 0) is 0 Å². The Labute approximate surface area is 118 Å². The zero-order chi connectivity index (χ0) is 13.0. The number of hydrazone groups is 1. The van der Waals surface area contributed by atoms with Crippen LogP contribution in [0.1, 0.15) is 5.56 Å². The van der Waals surface area contributed by atoms with Crippen LogP contribution in [0, 0.1) is 0 Å². The lowest BCUT2D eigenvalue weighted by Crippen LogP contribution is -1.92. The molecule has 0 fully saturated rings. The van der Waals surface area contributed by atoms with E-state index in [1.165, 1.54) is 6.21 Å². The van der Waals surface area contributed by atoms with E-state index in [4.69, 9.17) is 11.6 Å². The molecular formula is C13H10BrClN2O. The van der Waals surface area contributed by atoms with Crippen molar-refractivity contribution in [3.05, 3.63) is 57.5 Å². The average molecular weight is 326 g/mol. The highest BCUT2D eigenvalue weighted by atomic mass is 79.9. The molecule has 0 amide bonds. The predicted molar refractivity (Wildman–Crippen MR) is 78.5 cm³/mol. The summed E-state index contributed by atoms with van der Waals surface area (Å²) in [5.41, 5.74) is 4.18. The van der Waals surface area contributed by atoms with Gasteiger partial charge in [0, 0.05) is 0 Å². The molecule has 2 aromatic carbocycles. The van der Waals surface area contributed by atoms with Gasteiger partial charge in [-0.3, -0.25) is 5.43 Å². The van der Waals surface area contributed by atoms with Crippen molar-refractivity contribution < 1.29 is 5.11 Å². The number of para-hydroxylation sites is 1. The Balaban J connectivity index is 2.17. The van der Waals surface area contributed by atoms with Crippen molar-refractivity contribution in [2.45, 2.75) is 0 Å². The van der Waals surface area contributed by atoms with Gasteiger partial charge in [0.1, 0.15) is 5.75 Å². The summed E-state index contributed by atoms with van der Waals surface area (Å²) >= 11 is 9.21. The number of aromatic hydroxyl groups is 1. The zero-order valence-electron chi connectivity index (χ0n) is 9.27. The maximum atomic E-state index is 9.83. The molecule has 92 valence electrons. The van der Waals surface area contributed by atoms with Gasteiger partial charge in [-0.05, 0) is 40.2 Å². The van der Waals surface area contributed by atoms with Crippen molar-refractivity contribution in [1.29, 1.82) is 0 Å². The zero-order valence-corrected chi connectivity index (χ0v) is 11.6. The number of phenolic OH excluding ortho intramolecular Hbond substituents is 1. The Hall–Kier alpha value is -1.52. The summed E-state index contributed by atoms with van der Waals surface area (Å²) in [4.78, 5) is 0. The molecule has 0 radical (unpaired) electrons. The number of phenols is 1. The number of rotatable bonds is 3. The SMILES string of the molecule is Oc1c(Br)ccc(Cl)c1C=NNc1ccccc1. The molecular weight excluding hydrogens is 316 g/mol. The Morgan fingerprint density at radius 2 is 1.89 bits per heavy atom. The van der Waals surface area contributed by atoms with E-state index in [0.29, 0.717) is 15.1 Å². The van der Waals surface area contributed by atoms with Crippen LogP contribution in [0.3, 0.4) is 0 Å². The molecule has 0 saturated carbocycles.